The number of hydrogen-bond donors (Lipinski definition) is 1. The Morgan fingerprint density at radius 3 is 2.40 bits per heavy atom. The van der Waals surface area contributed by atoms with E-state index in [1.807, 2.05) is 30.3 Å². The van der Waals surface area contributed by atoms with Gasteiger partial charge in [0.25, 0.3) is 0 Å². The molecular formula is C22H21N5O3. The summed E-state index contributed by atoms with van der Waals surface area (Å²) >= 11 is 0. The molecule has 0 saturated carbocycles. The molecule has 3 aromatic rings. The number of nitrogens with one attached hydrogen (secondary N) is 1. The minimum absolute atomic E-state index is 0.0339. The zero-order valence-corrected chi connectivity index (χ0v) is 16.9. The summed E-state index contributed by atoms with van der Waals surface area (Å²) in [5, 5.41) is 14.6. The van der Waals surface area contributed by atoms with Crippen molar-refractivity contribution < 1.29 is 14.3 Å². The second-order valence-electron chi connectivity index (χ2n) is 7.27. The number of ketones is 1. The first-order valence-corrected chi connectivity index (χ1v) is 9.58. The molecule has 1 aliphatic heterocycles. The summed E-state index contributed by atoms with van der Waals surface area (Å²) in [6, 6.07) is 16.0. The molecule has 0 aliphatic carbocycles. The van der Waals surface area contributed by atoms with E-state index in [-0.39, 0.29) is 23.0 Å². The number of tetrazole rings is 1. The molecule has 1 atom stereocenters. The number of aromatic nitrogens is 4. The van der Waals surface area contributed by atoms with Gasteiger partial charge in [0.15, 0.2) is 5.78 Å². The summed E-state index contributed by atoms with van der Waals surface area (Å²) in [5.74, 6) is -0.338. The van der Waals surface area contributed by atoms with Crippen LogP contribution in [0.2, 0.25) is 0 Å². The van der Waals surface area contributed by atoms with Gasteiger partial charge in [0.2, 0.25) is 5.95 Å². The van der Waals surface area contributed by atoms with E-state index in [0.717, 1.165) is 11.1 Å². The van der Waals surface area contributed by atoms with E-state index in [1.54, 1.807) is 24.3 Å². The van der Waals surface area contributed by atoms with E-state index in [4.69, 9.17) is 4.74 Å². The Kier molecular flexibility index (Phi) is 5.14. The smallest absolute Gasteiger partial charge is 0.355 e. The minimum atomic E-state index is -0.681. The maximum atomic E-state index is 13.5. The monoisotopic (exact) mass is 403 g/mol. The van der Waals surface area contributed by atoms with E-state index in [1.165, 1.54) is 11.8 Å². The van der Waals surface area contributed by atoms with Gasteiger partial charge in [0, 0.05) is 5.56 Å². The maximum Gasteiger partial charge on any atom is 0.355 e. The van der Waals surface area contributed by atoms with Crippen molar-refractivity contribution in [3.63, 3.8) is 0 Å². The van der Waals surface area contributed by atoms with Crippen molar-refractivity contribution in [2.45, 2.75) is 25.8 Å². The number of carbonyl (C=O) groups is 2. The summed E-state index contributed by atoms with van der Waals surface area (Å²) in [6.07, 6.45) is 0. The Morgan fingerprint density at radius 1 is 1.07 bits per heavy atom. The number of carbonyl (C=O) groups excluding carboxylic acids is 2. The van der Waals surface area contributed by atoms with Gasteiger partial charge in [-0.05, 0) is 27.5 Å². The zero-order valence-electron chi connectivity index (χ0n) is 16.9. The van der Waals surface area contributed by atoms with E-state index in [0.29, 0.717) is 11.5 Å². The van der Waals surface area contributed by atoms with E-state index in [9.17, 15) is 9.59 Å². The molecule has 8 heteroatoms. The van der Waals surface area contributed by atoms with Crippen LogP contribution in [0.15, 0.2) is 65.9 Å². The number of esters is 1. The number of fused-ring (bicyclic) bond motifs is 1. The molecule has 1 aromatic heterocycles. The molecule has 152 valence electrons. The maximum absolute atomic E-state index is 13.5. The molecular weight excluding hydrogens is 382 g/mol. The molecule has 1 aliphatic rings. The molecule has 2 heterocycles. The van der Waals surface area contributed by atoms with E-state index < -0.39 is 12.0 Å². The average molecular weight is 403 g/mol. The number of Topliss-reactive ketones (excluding diaryl/α,β-unsaturated/α-hetero) is 1. The molecule has 2 aromatic carbocycles. The van der Waals surface area contributed by atoms with Crippen molar-refractivity contribution in [1.82, 2.24) is 20.2 Å². The second kappa shape index (κ2) is 7.90. The van der Waals surface area contributed by atoms with Crippen LogP contribution in [-0.2, 0) is 9.53 Å². The lowest BCUT2D eigenvalue weighted by Crippen LogP contribution is -2.32. The van der Waals surface area contributed by atoms with Crippen LogP contribution < -0.4 is 5.32 Å². The largest absolute Gasteiger partial charge is 0.464 e. The highest BCUT2D eigenvalue weighted by atomic mass is 16.5. The van der Waals surface area contributed by atoms with Gasteiger partial charge in [-0.25, -0.2) is 4.79 Å². The minimum Gasteiger partial charge on any atom is -0.464 e. The van der Waals surface area contributed by atoms with Crippen molar-refractivity contribution >= 4 is 17.7 Å². The summed E-state index contributed by atoms with van der Waals surface area (Å²) < 4.78 is 6.45. The number of nitrogens with zero attached hydrogens (tertiary/aromatic N) is 4. The first-order chi connectivity index (χ1) is 14.5. The zero-order chi connectivity index (χ0) is 21.3. The van der Waals surface area contributed by atoms with Crippen LogP contribution in [0.25, 0.3) is 0 Å². The predicted octanol–water partition coefficient (Wildman–Crippen LogP) is 3.12. The quantitative estimate of drug-likeness (QED) is 0.516. The molecule has 0 bridgehead atoms. The molecule has 4 rings (SSSR count). The Morgan fingerprint density at radius 2 is 1.77 bits per heavy atom. The van der Waals surface area contributed by atoms with E-state index >= 15 is 0 Å². The molecule has 0 fully saturated rings. The Hall–Kier alpha value is -3.81. The topological polar surface area (TPSA) is 99.0 Å². The normalized spacial score (nSPS) is 15.5. The average Bonchev–Trinajstić information content (AvgIpc) is 3.26. The number of ether oxygens (including phenoxy) is 1. The molecule has 0 amide bonds. The highest BCUT2D eigenvalue weighted by Crippen LogP contribution is 2.37. The Balaban J connectivity index is 1.92. The highest BCUT2D eigenvalue weighted by molar-refractivity contribution is 6.14. The standard InChI is InChI=1S/C22H21N5O3/c1-13(2)14-9-11-15(12-10-14)19-17(20(28)16-7-5-4-6-8-16)18(21(29)30-3)23-22-24-25-26-27(19)22/h4-13,19H,1-3H3,(H,23,24,26)/t19-/m0/s1. The predicted molar refractivity (Wildman–Crippen MR) is 110 cm³/mol. The van der Waals surface area contributed by atoms with Crippen molar-refractivity contribution in [2.75, 3.05) is 12.4 Å². The lowest BCUT2D eigenvalue weighted by Gasteiger charge is -2.28. The first-order valence-electron chi connectivity index (χ1n) is 9.58. The van der Waals surface area contributed by atoms with Crippen LogP contribution in [0.5, 0.6) is 0 Å². The number of allylic oxidation sites excluding steroid dienone is 1. The Bertz CT molecular complexity index is 1120. The molecule has 30 heavy (non-hydrogen) atoms. The number of methoxy groups -OCH3 is 1. The first kappa shape index (κ1) is 19.5. The van der Waals surface area contributed by atoms with E-state index in [2.05, 4.69) is 34.7 Å². The van der Waals surface area contributed by atoms with Gasteiger partial charge >= 0.3 is 5.97 Å². The van der Waals surface area contributed by atoms with Crippen LogP contribution in [0.3, 0.4) is 0 Å². The fourth-order valence-electron chi connectivity index (χ4n) is 3.50. The second-order valence-corrected chi connectivity index (χ2v) is 7.27. The van der Waals surface area contributed by atoms with Crippen molar-refractivity contribution in [3.8, 4) is 0 Å². The van der Waals surface area contributed by atoms with Gasteiger partial charge in [-0.15, -0.1) is 0 Å². The summed E-state index contributed by atoms with van der Waals surface area (Å²) in [6.45, 7) is 4.22. The van der Waals surface area contributed by atoms with Crippen molar-refractivity contribution in [1.29, 1.82) is 0 Å². The molecule has 0 spiro atoms. The summed E-state index contributed by atoms with van der Waals surface area (Å²) in [4.78, 5) is 26.1. The molecule has 0 unspecified atom stereocenters. The molecule has 1 N–H and O–H groups in total. The van der Waals surface area contributed by atoms with Gasteiger partial charge in [0.1, 0.15) is 11.7 Å². The number of hydrogen-bond acceptors (Lipinski definition) is 7. The third-order valence-corrected chi connectivity index (χ3v) is 5.11. The van der Waals surface area contributed by atoms with Gasteiger partial charge in [-0.3, -0.25) is 4.79 Å². The van der Waals surface area contributed by atoms with Crippen LogP contribution in [0, 0.1) is 0 Å². The number of rotatable bonds is 5. The summed E-state index contributed by atoms with van der Waals surface area (Å²) in [7, 11) is 1.27. The van der Waals surface area contributed by atoms with Crippen LogP contribution in [0.4, 0.5) is 5.95 Å². The SMILES string of the molecule is COC(=O)C1=C(C(=O)c2ccccc2)[C@H](c2ccc(C(C)C)cc2)n2nnnc2N1. The highest BCUT2D eigenvalue weighted by Gasteiger charge is 2.38. The fourth-order valence-corrected chi connectivity index (χ4v) is 3.50. The van der Waals surface area contributed by atoms with Gasteiger partial charge in [-0.1, -0.05) is 73.5 Å². The van der Waals surface area contributed by atoms with Crippen LogP contribution >= 0.6 is 0 Å². The van der Waals surface area contributed by atoms with Crippen molar-refractivity contribution in [2.24, 2.45) is 0 Å². The number of anilines is 1. The lowest BCUT2D eigenvalue weighted by atomic mass is 9.88. The third kappa shape index (κ3) is 3.36. The summed E-state index contributed by atoms with van der Waals surface area (Å²) in [5.41, 5.74) is 2.67. The molecule has 0 saturated heterocycles. The molecule has 0 radical (unpaired) electrons. The lowest BCUT2D eigenvalue weighted by molar-refractivity contribution is -0.136. The molecule has 8 nitrogen and oxygen atoms in total. The third-order valence-electron chi connectivity index (χ3n) is 5.11. The van der Waals surface area contributed by atoms with Gasteiger partial charge in [0.05, 0.1) is 12.7 Å². The van der Waals surface area contributed by atoms with Crippen LogP contribution in [0.1, 0.15) is 47.3 Å². The van der Waals surface area contributed by atoms with Crippen molar-refractivity contribution in [3.05, 3.63) is 82.6 Å². The Labute approximate surface area is 173 Å². The number of benzene rings is 2. The van der Waals surface area contributed by atoms with Gasteiger partial charge in [-0.2, -0.15) is 4.68 Å². The van der Waals surface area contributed by atoms with Gasteiger partial charge < -0.3 is 10.1 Å². The van der Waals surface area contributed by atoms with Crippen LogP contribution in [-0.4, -0.2) is 39.1 Å². The fraction of sp³-hybridized carbons (Fsp3) is 0.227.